The molecule has 0 aliphatic carbocycles. The molecule has 2 fully saturated rings. The highest BCUT2D eigenvalue weighted by atomic mass is 16.5. The average molecular weight is 489 g/mol. The number of imide groups is 1. The van der Waals surface area contributed by atoms with E-state index in [9.17, 15) is 9.59 Å². The summed E-state index contributed by atoms with van der Waals surface area (Å²) in [5.74, 6) is 1.52. The predicted molar refractivity (Wildman–Crippen MR) is 133 cm³/mol. The number of urea groups is 2. The van der Waals surface area contributed by atoms with Gasteiger partial charge in [-0.1, -0.05) is 0 Å². The van der Waals surface area contributed by atoms with E-state index in [1.54, 1.807) is 42.4 Å². The first-order chi connectivity index (χ1) is 17.5. The monoisotopic (exact) mass is 488 g/mol. The molecule has 0 atom stereocenters. The van der Waals surface area contributed by atoms with Crippen molar-refractivity contribution in [3.63, 3.8) is 0 Å². The number of amides is 4. The summed E-state index contributed by atoms with van der Waals surface area (Å²) in [4.78, 5) is 41.7. The van der Waals surface area contributed by atoms with Gasteiger partial charge in [0.25, 0.3) is 0 Å². The van der Waals surface area contributed by atoms with Crippen LogP contribution in [0.25, 0.3) is 11.3 Å². The topological polar surface area (TPSA) is 110 Å². The Balaban J connectivity index is 1.23. The summed E-state index contributed by atoms with van der Waals surface area (Å²) in [6.45, 7) is 5.89. The Morgan fingerprint density at radius 3 is 2.64 bits per heavy atom. The minimum Gasteiger partial charge on any atom is -0.455 e. The van der Waals surface area contributed by atoms with Crippen LogP contribution in [0.15, 0.2) is 48.8 Å². The van der Waals surface area contributed by atoms with Gasteiger partial charge in [-0.25, -0.2) is 19.5 Å². The number of aryl methyl sites for hydroxylation is 2. The lowest BCUT2D eigenvalue weighted by atomic mass is 10.1. The molecule has 2 saturated heterocycles. The molecule has 36 heavy (non-hydrogen) atoms. The fourth-order valence-corrected chi connectivity index (χ4v) is 4.45. The molecule has 4 amide bonds. The maximum Gasteiger partial charge on any atom is 0.331 e. The number of carbonyl (C=O) groups excluding carboxylic acids is 2. The van der Waals surface area contributed by atoms with Crippen molar-refractivity contribution in [3.8, 4) is 22.8 Å². The van der Waals surface area contributed by atoms with Crippen LogP contribution in [-0.2, 0) is 4.74 Å². The van der Waals surface area contributed by atoms with Gasteiger partial charge in [0.05, 0.1) is 11.4 Å². The first-order valence-corrected chi connectivity index (χ1v) is 12.0. The van der Waals surface area contributed by atoms with Gasteiger partial charge in [0.15, 0.2) is 0 Å². The molecule has 3 aromatic heterocycles. The van der Waals surface area contributed by atoms with Gasteiger partial charge in [-0.15, -0.1) is 0 Å². The maximum absolute atomic E-state index is 12.8. The smallest absolute Gasteiger partial charge is 0.331 e. The van der Waals surface area contributed by atoms with Crippen molar-refractivity contribution in [3.05, 3.63) is 60.2 Å². The first-order valence-electron chi connectivity index (χ1n) is 12.0. The average Bonchev–Trinajstić information content (AvgIpc) is 3.28. The number of rotatable bonds is 5. The van der Waals surface area contributed by atoms with E-state index in [1.807, 2.05) is 25.1 Å². The molecule has 5 heterocycles. The zero-order valence-electron chi connectivity index (χ0n) is 20.3. The van der Waals surface area contributed by atoms with Crippen molar-refractivity contribution >= 4 is 17.9 Å². The second-order valence-electron chi connectivity index (χ2n) is 8.85. The van der Waals surface area contributed by atoms with Gasteiger partial charge in [-0.3, -0.25) is 15.3 Å². The van der Waals surface area contributed by atoms with Crippen LogP contribution < -0.4 is 10.1 Å². The molecule has 0 spiro atoms. The summed E-state index contributed by atoms with van der Waals surface area (Å²) >= 11 is 0. The van der Waals surface area contributed by atoms with E-state index >= 15 is 0 Å². The van der Waals surface area contributed by atoms with E-state index in [2.05, 4.69) is 20.3 Å². The van der Waals surface area contributed by atoms with Gasteiger partial charge in [-0.05, 0) is 57.0 Å². The number of carbonyl (C=O) groups is 2. The molecule has 3 aromatic rings. The van der Waals surface area contributed by atoms with Crippen LogP contribution in [0.3, 0.4) is 0 Å². The second kappa shape index (κ2) is 10.3. The highest BCUT2D eigenvalue weighted by molar-refractivity contribution is 6.01. The number of ether oxygens (including phenoxy) is 2. The van der Waals surface area contributed by atoms with Crippen molar-refractivity contribution in [2.75, 3.05) is 31.6 Å². The number of hydrogen-bond donors (Lipinski definition) is 1. The highest BCUT2D eigenvalue weighted by Crippen LogP contribution is 2.28. The Labute approximate surface area is 209 Å². The fraction of sp³-hybridized carbons (Fsp3) is 0.346. The van der Waals surface area contributed by atoms with E-state index in [-0.39, 0.29) is 12.1 Å². The molecule has 0 bridgehead atoms. The molecule has 1 N–H and O–H groups in total. The molecule has 0 aromatic carbocycles. The van der Waals surface area contributed by atoms with E-state index in [4.69, 9.17) is 9.47 Å². The molecule has 5 rings (SSSR count). The molecule has 186 valence electrons. The largest absolute Gasteiger partial charge is 0.455 e. The molecule has 2 aliphatic rings. The van der Waals surface area contributed by atoms with Crippen LogP contribution in [0.4, 0.5) is 15.4 Å². The van der Waals surface area contributed by atoms with Crippen LogP contribution in [0, 0.1) is 13.8 Å². The Hall–Kier alpha value is -4.05. The van der Waals surface area contributed by atoms with Gasteiger partial charge in [0, 0.05) is 62.1 Å². The molecule has 0 saturated carbocycles. The summed E-state index contributed by atoms with van der Waals surface area (Å²) in [5.41, 5.74) is 3.23. The van der Waals surface area contributed by atoms with Gasteiger partial charge in [0.2, 0.25) is 0 Å². The van der Waals surface area contributed by atoms with Crippen LogP contribution >= 0.6 is 0 Å². The minimum absolute atomic E-state index is 0.122. The zero-order valence-corrected chi connectivity index (χ0v) is 20.3. The summed E-state index contributed by atoms with van der Waals surface area (Å²) in [6, 6.07) is 10.3. The predicted octanol–water partition coefficient (Wildman–Crippen LogP) is 4.40. The summed E-state index contributed by atoms with van der Waals surface area (Å²) < 4.78 is 11.4. The first kappa shape index (κ1) is 23.7. The van der Waals surface area contributed by atoms with Crippen LogP contribution in [0.2, 0.25) is 0 Å². The molecule has 10 heteroatoms. The molecule has 2 aliphatic heterocycles. The molecule has 0 unspecified atom stereocenters. The third kappa shape index (κ3) is 5.13. The zero-order chi connectivity index (χ0) is 25.1. The van der Waals surface area contributed by atoms with Crippen molar-refractivity contribution < 1.29 is 19.1 Å². The summed E-state index contributed by atoms with van der Waals surface area (Å²) in [6.07, 6.45) is 5.03. The molecule has 10 nitrogen and oxygen atoms in total. The maximum atomic E-state index is 12.8. The van der Waals surface area contributed by atoms with Crippen molar-refractivity contribution in [1.82, 2.24) is 24.8 Å². The number of nitrogens with zero attached hydrogens (tertiary/aromatic N) is 5. The normalized spacial score (nSPS) is 16.3. The van der Waals surface area contributed by atoms with Gasteiger partial charge < -0.3 is 14.4 Å². The van der Waals surface area contributed by atoms with E-state index < -0.39 is 6.03 Å². The number of hydrogen-bond acceptors (Lipinski definition) is 7. The van der Waals surface area contributed by atoms with Crippen molar-refractivity contribution in [2.24, 2.45) is 0 Å². The summed E-state index contributed by atoms with van der Waals surface area (Å²) in [5, 5.41) is 2.74. The second-order valence-corrected chi connectivity index (χ2v) is 8.85. The number of pyridine rings is 3. The molecular weight excluding hydrogens is 460 g/mol. The van der Waals surface area contributed by atoms with Crippen LogP contribution in [0.1, 0.15) is 24.2 Å². The Bertz CT molecular complexity index is 1280. The lowest BCUT2D eigenvalue weighted by Crippen LogP contribution is -2.44. The van der Waals surface area contributed by atoms with E-state index in [1.165, 1.54) is 4.90 Å². The Kier molecular flexibility index (Phi) is 6.77. The fourth-order valence-electron chi connectivity index (χ4n) is 4.45. The highest BCUT2D eigenvalue weighted by Gasteiger charge is 2.37. The van der Waals surface area contributed by atoms with Gasteiger partial charge in [0.1, 0.15) is 17.3 Å². The third-order valence-electron chi connectivity index (χ3n) is 6.34. The quantitative estimate of drug-likeness (QED) is 0.567. The number of anilines is 1. The minimum atomic E-state index is -0.485. The van der Waals surface area contributed by atoms with Crippen molar-refractivity contribution in [1.29, 1.82) is 0 Å². The lowest BCUT2D eigenvalue weighted by molar-refractivity contribution is 0.0510. The Morgan fingerprint density at radius 1 is 1.06 bits per heavy atom. The number of aromatic nitrogens is 3. The SMILES string of the molecule is Cc1cc(-c2cc(Oc3ccc(NC(=O)N4CCN(C5CCOCC5)C4=O)nc3C)ccn2)ccn1. The van der Waals surface area contributed by atoms with Crippen LogP contribution in [-0.4, -0.2) is 69.2 Å². The third-order valence-corrected chi connectivity index (χ3v) is 6.34. The van der Waals surface area contributed by atoms with Gasteiger partial charge >= 0.3 is 12.1 Å². The van der Waals surface area contributed by atoms with Gasteiger partial charge in [-0.2, -0.15) is 0 Å². The van der Waals surface area contributed by atoms with E-state index in [0.717, 1.165) is 29.8 Å². The lowest BCUT2D eigenvalue weighted by Gasteiger charge is -2.30. The van der Waals surface area contributed by atoms with Crippen LogP contribution in [0.5, 0.6) is 11.5 Å². The number of nitrogens with one attached hydrogen (secondary N) is 1. The molecular formula is C26H28N6O4. The summed E-state index contributed by atoms with van der Waals surface area (Å²) in [7, 11) is 0. The van der Waals surface area contributed by atoms with Crippen molar-refractivity contribution in [2.45, 2.75) is 32.7 Å². The Morgan fingerprint density at radius 2 is 1.86 bits per heavy atom. The standard InChI is InChI=1S/C26H28N6O4/c1-17-15-19(5-9-27-17)22-16-21(6-10-28-22)36-23-3-4-24(29-18(23)2)30-25(33)32-12-11-31(26(32)34)20-7-13-35-14-8-20/h3-6,9-10,15-16,20H,7-8,11-14H2,1-2H3,(H,29,30,33). The van der Waals surface area contributed by atoms with E-state index in [0.29, 0.717) is 49.3 Å². The molecule has 0 radical (unpaired) electrons.